The van der Waals surface area contributed by atoms with Crippen LogP contribution in [0.4, 0.5) is 4.39 Å². The minimum atomic E-state index is -1.74. The molecule has 1 fully saturated rings. The molecule has 2 aliphatic rings. The standard InChI is InChI=1S/C25H31FN4O4/c1-25(2,26)13-20(24(33)29-18(14-27)11-16-7-5-9-28-22(16)31)30-23(32)17-10-15-6-4-8-21(34-3)19(15)12-17/h4,6,8,12,16,18,20H,5,7,9-11,13H2,1-3H3,(H,28,31)(H,29,33)(H,30,32). The van der Waals surface area contributed by atoms with E-state index in [9.17, 15) is 24.0 Å². The Kier molecular flexibility index (Phi) is 7.92. The number of rotatable bonds is 9. The van der Waals surface area contributed by atoms with Gasteiger partial charge >= 0.3 is 0 Å². The van der Waals surface area contributed by atoms with E-state index in [0.717, 1.165) is 17.5 Å². The van der Waals surface area contributed by atoms with Crippen LogP contribution in [0, 0.1) is 17.2 Å². The molecule has 0 aromatic heterocycles. The van der Waals surface area contributed by atoms with Gasteiger partial charge in [-0.3, -0.25) is 14.4 Å². The fraction of sp³-hybridized carbons (Fsp3) is 0.520. The van der Waals surface area contributed by atoms with Gasteiger partial charge in [-0.15, -0.1) is 0 Å². The van der Waals surface area contributed by atoms with Crippen LogP contribution >= 0.6 is 0 Å². The molecule has 182 valence electrons. The fourth-order valence-electron chi connectivity index (χ4n) is 4.37. The Bertz CT molecular complexity index is 1020. The van der Waals surface area contributed by atoms with Gasteiger partial charge in [0.15, 0.2) is 0 Å². The Morgan fingerprint density at radius 2 is 2.12 bits per heavy atom. The molecule has 1 aromatic rings. The molecule has 3 amide bonds. The number of fused-ring (bicyclic) bond motifs is 1. The first kappa shape index (κ1) is 25.2. The molecular weight excluding hydrogens is 439 g/mol. The number of alkyl halides is 1. The highest BCUT2D eigenvalue weighted by Crippen LogP contribution is 2.32. The van der Waals surface area contributed by atoms with Crippen molar-refractivity contribution in [2.75, 3.05) is 13.7 Å². The van der Waals surface area contributed by atoms with Gasteiger partial charge in [0.1, 0.15) is 23.5 Å². The molecule has 3 atom stereocenters. The van der Waals surface area contributed by atoms with Crippen molar-refractivity contribution in [2.45, 2.75) is 63.7 Å². The van der Waals surface area contributed by atoms with E-state index < -0.39 is 29.6 Å². The van der Waals surface area contributed by atoms with Gasteiger partial charge in [-0.05, 0) is 50.8 Å². The number of halogens is 1. The molecule has 0 radical (unpaired) electrons. The number of nitrogens with one attached hydrogen (secondary N) is 3. The lowest BCUT2D eigenvalue weighted by atomic mass is 9.91. The van der Waals surface area contributed by atoms with E-state index in [-0.39, 0.29) is 24.7 Å². The number of hydrogen-bond acceptors (Lipinski definition) is 5. The van der Waals surface area contributed by atoms with Crippen LogP contribution in [0.25, 0.3) is 6.08 Å². The summed E-state index contributed by atoms with van der Waals surface area (Å²) in [6, 6.07) is 5.42. The van der Waals surface area contributed by atoms with E-state index in [1.165, 1.54) is 13.8 Å². The van der Waals surface area contributed by atoms with Crippen molar-refractivity contribution < 1.29 is 23.5 Å². The molecule has 3 unspecified atom stereocenters. The normalized spacial score (nSPS) is 19.1. The average molecular weight is 471 g/mol. The summed E-state index contributed by atoms with van der Waals surface area (Å²) in [6.45, 7) is 3.25. The predicted octanol–water partition coefficient (Wildman–Crippen LogP) is 2.18. The fourth-order valence-corrected chi connectivity index (χ4v) is 4.37. The molecule has 3 N–H and O–H groups in total. The van der Waals surface area contributed by atoms with Crippen molar-refractivity contribution >= 4 is 23.8 Å². The van der Waals surface area contributed by atoms with Crippen molar-refractivity contribution in [1.82, 2.24) is 16.0 Å². The number of ether oxygens (including phenoxy) is 1. The molecule has 0 bridgehead atoms. The molecule has 8 nitrogen and oxygen atoms in total. The third-order valence-corrected chi connectivity index (χ3v) is 6.07. The smallest absolute Gasteiger partial charge is 0.248 e. The van der Waals surface area contributed by atoms with E-state index in [4.69, 9.17) is 4.74 Å². The number of methoxy groups -OCH3 is 1. The van der Waals surface area contributed by atoms with Crippen LogP contribution in [0.3, 0.4) is 0 Å². The summed E-state index contributed by atoms with van der Waals surface area (Å²) in [4.78, 5) is 38.0. The molecule has 1 aromatic carbocycles. The monoisotopic (exact) mass is 470 g/mol. The van der Waals surface area contributed by atoms with Crippen molar-refractivity contribution in [3.63, 3.8) is 0 Å². The van der Waals surface area contributed by atoms with E-state index >= 15 is 0 Å². The van der Waals surface area contributed by atoms with Gasteiger partial charge in [-0.2, -0.15) is 5.26 Å². The Labute approximate surface area is 198 Å². The zero-order chi connectivity index (χ0) is 24.9. The highest BCUT2D eigenvalue weighted by molar-refractivity contribution is 6.03. The van der Waals surface area contributed by atoms with Crippen molar-refractivity contribution in [1.29, 1.82) is 5.26 Å². The van der Waals surface area contributed by atoms with Crippen LogP contribution in [0.1, 0.15) is 50.7 Å². The SMILES string of the molecule is COc1cccc2c1C=C(C(=O)NC(CC(C)(C)F)C(=O)NC(C#N)CC1CCCNC1=O)C2. The lowest BCUT2D eigenvalue weighted by Crippen LogP contribution is -2.52. The first-order chi connectivity index (χ1) is 16.1. The van der Waals surface area contributed by atoms with Gasteiger partial charge in [0.25, 0.3) is 0 Å². The second kappa shape index (κ2) is 10.7. The van der Waals surface area contributed by atoms with Crippen molar-refractivity contribution in [3.05, 3.63) is 34.9 Å². The molecule has 9 heteroatoms. The third kappa shape index (κ3) is 6.34. The highest BCUT2D eigenvalue weighted by atomic mass is 19.1. The molecular formula is C25H31FN4O4. The van der Waals surface area contributed by atoms with E-state index in [0.29, 0.717) is 30.7 Å². The topological polar surface area (TPSA) is 120 Å². The lowest BCUT2D eigenvalue weighted by molar-refractivity contribution is -0.129. The molecule has 1 saturated heterocycles. The summed E-state index contributed by atoms with van der Waals surface area (Å²) >= 11 is 0. The van der Waals surface area contributed by atoms with Crippen LogP contribution in [0.5, 0.6) is 5.75 Å². The second-order valence-electron chi connectivity index (χ2n) is 9.38. The molecule has 34 heavy (non-hydrogen) atoms. The zero-order valence-corrected chi connectivity index (χ0v) is 19.7. The summed E-state index contributed by atoms with van der Waals surface area (Å²) in [5.74, 6) is -1.01. The van der Waals surface area contributed by atoms with Gasteiger partial charge in [0.05, 0.1) is 13.2 Å². The number of benzene rings is 1. The molecule has 0 saturated carbocycles. The molecule has 0 spiro atoms. The van der Waals surface area contributed by atoms with E-state index in [1.54, 1.807) is 19.3 Å². The second-order valence-corrected chi connectivity index (χ2v) is 9.38. The third-order valence-electron chi connectivity index (χ3n) is 6.07. The summed E-state index contributed by atoms with van der Waals surface area (Å²) in [6.07, 6.45) is 3.40. The summed E-state index contributed by atoms with van der Waals surface area (Å²) < 4.78 is 19.9. The van der Waals surface area contributed by atoms with Crippen molar-refractivity contribution in [3.8, 4) is 11.8 Å². The van der Waals surface area contributed by atoms with Gasteiger partial charge in [0.2, 0.25) is 17.7 Å². The highest BCUT2D eigenvalue weighted by Gasteiger charge is 2.33. The maximum absolute atomic E-state index is 14.5. The maximum Gasteiger partial charge on any atom is 0.248 e. The number of hydrogen-bond donors (Lipinski definition) is 3. The molecule has 1 heterocycles. The zero-order valence-electron chi connectivity index (χ0n) is 19.7. The summed E-state index contributed by atoms with van der Waals surface area (Å²) in [7, 11) is 1.55. The van der Waals surface area contributed by atoms with Crippen LogP contribution in [-0.4, -0.2) is 49.1 Å². The van der Waals surface area contributed by atoms with Crippen LogP contribution in [0.2, 0.25) is 0 Å². The number of carbonyl (C=O) groups excluding carboxylic acids is 3. The Hall–Kier alpha value is -3.41. The summed E-state index contributed by atoms with van der Waals surface area (Å²) in [5, 5.41) is 17.5. The number of amides is 3. The van der Waals surface area contributed by atoms with Gasteiger partial charge < -0.3 is 20.7 Å². The number of carbonyl (C=O) groups is 3. The van der Waals surface area contributed by atoms with E-state index in [2.05, 4.69) is 16.0 Å². The van der Waals surface area contributed by atoms with Gasteiger partial charge in [-0.25, -0.2) is 4.39 Å². The number of nitriles is 1. The maximum atomic E-state index is 14.5. The largest absolute Gasteiger partial charge is 0.496 e. The summed E-state index contributed by atoms with van der Waals surface area (Å²) in [5.41, 5.74) is 0.422. The van der Waals surface area contributed by atoms with Crippen LogP contribution in [0.15, 0.2) is 23.8 Å². The first-order valence-corrected chi connectivity index (χ1v) is 11.4. The Morgan fingerprint density at radius 1 is 1.35 bits per heavy atom. The number of nitrogens with zero attached hydrogens (tertiary/aromatic N) is 1. The van der Waals surface area contributed by atoms with Crippen LogP contribution in [-0.2, 0) is 20.8 Å². The Morgan fingerprint density at radius 3 is 2.76 bits per heavy atom. The van der Waals surface area contributed by atoms with Crippen molar-refractivity contribution in [2.24, 2.45) is 5.92 Å². The first-order valence-electron chi connectivity index (χ1n) is 11.4. The van der Waals surface area contributed by atoms with Gasteiger partial charge in [0, 0.05) is 36.4 Å². The minimum absolute atomic E-state index is 0.140. The molecule has 3 rings (SSSR count). The average Bonchev–Trinajstić information content (AvgIpc) is 3.23. The predicted molar refractivity (Wildman–Crippen MR) is 124 cm³/mol. The van der Waals surface area contributed by atoms with Crippen LogP contribution < -0.4 is 20.7 Å². The van der Waals surface area contributed by atoms with Gasteiger partial charge in [-0.1, -0.05) is 12.1 Å². The Balaban J connectivity index is 1.70. The molecule has 1 aliphatic carbocycles. The van der Waals surface area contributed by atoms with E-state index in [1.807, 2.05) is 18.2 Å². The minimum Gasteiger partial charge on any atom is -0.496 e. The lowest BCUT2D eigenvalue weighted by Gasteiger charge is -2.27. The quantitative estimate of drug-likeness (QED) is 0.511. The number of piperidine rings is 1. The molecule has 1 aliphatic heterocycles.